The number of hydrogen-bond donors (Lipinski definition) is 1. The molecule has 0 saturated carbocycles. The highest BCUT2D eigenvalue weighted by Crippen LogP contribution is 2.38. The largest absolute Gasteiger partial charge is 0.446 e. The van der Waals surface area contributed by atoms with Crippen molar-refractivity contribution in [2.24, 2.45) is 0 Å². The van der Waals surface area contributed by atoms with Gasteiger partial charge in [-0.1, -0.05) is 6.07 Å². The van der Waals surface area contributed by atoms with E-state index in [4.69, 9.17) is 9.47 Å². The molecule has 4 rings (SSSR count). The number of thiophene rings is 2. The third-order valence-electron chi connectivity index (χ3n) is 5.22. The minimum atomic E-state index is -0.318. The second kappa shape index (κ2) is 9.00. The lowest BCUT2D eigenvalue weighted by Crippen LogP contribution is -2.55. The molecular weight excluding hydrogens is 422 g/mol. The molecule has 2 aliphatic rings. The number of carbonyl (C=O) groups is 2. The van der Waals surface area contributed by atoms with Gasteiger partial charge in [0.05, 0.1) is 24.8 Å². The number of rotatable bonds is 5. The Morgan fingerprint density at radius 2 is 2.20 bits per heavy atom. The normalized spacial score (nSPS) is 18.5. The van der Waals surface area contributed by atoms with E-state index in [0.717, 1.165) is 15.3 Å². The van der Waals surface area contributed by atoms with Crippen LogP contribution < -0.4 is 5.32 Å². The Morgan fingerprint density at radius 1 is 1.37 bits per heavy atom. The summed E-state index contributed by atoms with van der Waals surface area (Å²) in [5.41, 5.74) is 1.47. The van der Waals surface area contributed by atoms with E-state index in [1.165, 1.54) is 17.4 Å². The van der Waals surface area contributed by atoms with Gasteiger partial charge >= 0.3 is 6.09 Å². The standard InChI is InChI=1S/C21H21N3O4S2/c1-27-14-11-24(12-14)21(26)28-13-4-6-16-17(10-22)20(30-18(16)9-13)23-19(25)7-5-15-3-2-8-29-15/h2-3,5,7-8,13-14H,4,6,9,11-12H2,1H3,(H,23,25)/b7-5+. The Labute approximate surface area is 182 Å². The van der Waals surface area contributed by atoms with Crippen molar-refractivity contribution in [3.8, 4) is 6.07 Å². The summed E-state index contributed by atoms with van der Waals surface area (Å²) in [4.78, 5) is 28.1. The van der Waals surface area contributed by atoms with Crippen LogP contribution in [0.3, 0.4) is 0 Å². The highest BCUT2D eigenvalue weighted by molar-refractivity contribution is 7.16. The Kier molecular flexibility index (Phi) is 6.18. The van der Waals surface area contributed by atoms with Crippen LogP contribution in [0.15, 0.2) is 23.6 Å². The van der Waals surface area contributed by atoms with Gasteiger partial charge in [-0.2, -0.15) is 5.26 Å². The van der Waals surface area contributed by atoms with E-state index in [1.807, 2.05) is 17.5 Å². The van der Waals surface area contributed by atoms with Crippen LogP contribution in [0.4, 0.5) is 9.80 Å². The summed E-state index contributed by atoms with van der Waals surface area (Å²) < 4.78 is 10.8. The molecule has 0 spiro atoms. The van der Waals surface area contributed by atoms with E-state index in [1.54, 1.807) is 29.4 Å². The number of fused-ring (bicyclic) bond motifs is 1. The van der Waals surface area contributed by atoms with Gasteiger partial charge in [-0.05, 0) is 35.9 Å². The van der Waals surface area contributed by atoms with Gasteiger partial charge in [0.1, 0.15) is 17.2 Å². The number of anilines is 1. The van der Waals surface area contributed by atoms with E-state index in [9.17, 15) is 14.9 Å². The Bertz CT molecular complexity index is 1000. The molecule has 9 heteroatoms. The number of carbonyl (C=O) groups excluding carboxylic acids is 2. The molecular formula is C21H21N3O4S2. The summed E-state index contributed by atoms with van der Waals surface area (Å²) in [6.45, 7) is 1.11. The maximum atomic E-state index is 12.3. The van der Waals surface area contributed by atoms with Crippen LogP contribution in [0.5, 0.6) is 0 Å². The van der Waals surface area contributed by atoms with Crippen molar-refractivity contribution in [2.45, 2.75) is 31.5 Å². The molecule has 7 nitrogen and oxygen atoms in total. The SMILES string of the molecule is COC1CN(C(=O)OC2CCc3c(sc(NC(=O)/C=C/c4cccs4)c3C#N)C2)C1. The minimum Gasteiger partial charge on any atom is -0.446 e. The van der Waals surface area contributed by atoms with Crippen molar-refractivity contribution in [3.05, 3.63) is 44.5 Å². The first kappa shape index (κ1) is 20.6. The maximum absolute atomic E-state index is 12.3. The molecule has 0 aromatic carbocycles. The molecule has 2 aromatic heterocycles. The number of ether oxygens (including phenoxy) is 2. The van der Waals surface area contributed by atoms with E-state index in [-0.39, 0.29) is 24.2 Å². The molecule has 0 radical (unpaired) electrons. The molecule has 156 valence electrons. The zero-order valence-corrected chi connectivity index (χ0v) is 18.1. The third-order valence-corrected chi connectivity index (χ3v) is 7.23. The lowest BCUT2D eigenvalue weighted by atomic mass is 9.94. The molecule has 1 N–H and O–H groups in total. The molecule has 1 fully saturated rings. The number of nitrogens with zero attached hydrogens (tertiary/aromatic N) is 2. The average molecular weight is 444 g/mol. The van der Waals surface area contributed by atoms with Gasteiger partial charge in [-0.15, -0.1) is 22.7 Å². The number of nitrogens with one attached hydrogen (secondary N) is 1. The summed E-state index contributed by atoms with van der Waals surface area (Å²) in [5.74, 6) is -0.271. The highest BCUT2D eigenvalue weighted by Gasteiger charge is 2.34. The van der Waals surface area contributed by atoms with Gasteiger partial charge < -0.3 is 19.7 Å². The summed E-state index contributed by atoms with van der Waals surface area (Å²) in [7, 11) is 1.63. The van der Waals surface area contributed by atoms with E-state index >= 15 is 0 Å². The van der Waals surface area contributed by atoms with Crippen LogP contribution in [0.2, 0.25) is 0 Å². The van der Waals surface area contributed by atoms with E-state index in [2.05, 4.69) is 11.4 Å². The van der Waals surface area contributed by atoms with Crippen LogP contribution in [0.1, 0.15) is 27.3 Å². The number of likely N-dealkylation sites (tertiary alicyclic amines) is 1. The fraction of sp³-hybridized carbons (Fsp3) is 0.381. The lowest BCUT2D eigenvalue weighted by Gasteiger charge is -2.38. The molecule has 2 aromatic rings. The first-order chi connectivity index (χ1) is 14.6. The second-order valence-corrected chi connectivity index (χ2v) is 9.25. The fourth-order valence-corrected chi connectivity index (χ4v) is 5.40. The Morgan fingerprint density at radius 3 is 2.90 bits per heavy atom. The zero-order valence-electron chi connectivity index (χ0n) is 16.4. The van der Waals surface area contributed by atoms with Crippen molar-refractivity contribution in [1.82, 2.24) is 4.90 Å². The molecule has 1 aliphatic heterocycles. The summed E-state index contributed by atoms with van der Waals surface area (Å²) in [6, 6.07) is 6.07. The first-order valence-electron chi connectivity index (χ1n) is 9.63. The van der Waals surface area contributed by atoms with Gasteiger partial charge in [0.2, 0.25) is 5.91 Å². The van der Waals surface area contributed by atoms with E-state index < -0.39 is 0 Å². The summed E-state index contributed by atoms with van der Waals surface area (Å²) in [5, 5.41) is 14.9. The maximum Gasteiger partial charge on any atom is 0.410 e. The zero-order chi connectivity index (χ0) is 21.1. The molecule has 1 atom stereocenters. The third kappa shape index (κ3) is 4.41. The number of methoxy groups -OCH3 is 1. The molecule has 1 saturated heterocycles. The lowest BCUT2D eigenvalue weighted by molar-refractivity contribution is -0.111. The molecule has 2 amide bonds. The number of amides is 2. The van der Waals surface area contributed by atoms with Crippen LogP contribution in [0.25, 0.3) is 6.08 Å². The predicted molar refractivity (Wildman–Crippen MR) is 116 cm³/mol. The summed E-state index contributed by atoms with van der Waals surface area (Å²) >= 11 is 2.94. The Hall–Kier alpha value is -2.67. The Balaban J connectivity index is 1.39. The molecule has 0 bridgehead atoms. The van der Waals surface area contributed by atoms with Gasteiger partial charge in [0, 0.05) is 29.4 Å². The van der Waals surface area contributed by atoms with Crippen molar-refractivity contribution in [2.75, 3.05) is 25.5 Å². The van der Waals surface area contributed by atoms with Crippen molar-refractivity contribution >= 4 is 45.8 Å². The monoisotopic (exact) mass is 443 g/mol. The second-order valence-electron chi connectivity index (χ2n) is 7.17. The topological polar surface area (TPSA) is 91.7 Å². The first-order valence-corrected chi connectivity index (χ1v) is 11.3. The highest BCUT2D eigenvalue weighted by atomic mass is 32.1. The fourth-order valence-electron chi connectivity index (χ4n) is 3.51. The average Bonchev–Trinajstić information content (AvgIpc) is 3.32. The number of hydrogen-bond acceptors (Lipinski definition) is 7. The van der Waals surface area contributed by atoms with Crippen molar-refractivity contribution in [1.29, 1.82) is 5.26 Å². The molecule has 3 heterocycles. The van der Waals surface area contributed by atoms with Gasteiger partial charge in [0.15, 0.2) is 0 Å². The van der Waals surface area contributed by atoms with Gasteiger partial charge in [-0.3, -0.25) is 4.79 Å². The van der Waals surface area contributed by atoms with Gasteiger partial charge in [0.25, 0.3) is 0 Å². The van der Waals surface area contributed by atoms with Gasteiger partial charge in [-0.25, -0.2) is 4.79 Å². The van der Waals surface area contributed by atoms with Crippen LogP contribution in [-0.2, 0) is 27.1 Å². The van der Waals surface area contributed by atoms with Crippen LogP contribution >= 0.6 is 22.7 Å². The smallest absolute Gasteiger partial charge is 0.410 e. The predicted octanol–water partition coefficient (Wildman–Crippen LogP) is 3.66. The van der Waals surface area contributed by atoms with Crippen LogP contribution in [0, 0.1) is 11.3 Å². The van der Waals surface area contributed by atoms with Crippen LogP contribution in [-0.4, -0.2) is 49.3 Å². The van der Waals surface area contributed by atoms with Crippen molar-refractivity contribution in [3.63, 3.8) is 0 Å². The van der Waals surface area contributed by atoms with E-state index in [0.29, 0.717) is 42.9 Å². The minimum absolute atomic E-state index is 0.0889. The van der Waals surface area contributed by atoms with Crippen molar-refractivity contribution < 1.29 is 19.1 Å². The summed E-state index contributed by atoms with van der Waals surface area (Å²) in [6.07, 6.45) is 4.63. The molecule has 1 unspecified atom stereocenters. The molecule has 30 heavy (non-hydrogen) atoms. The number of nitriles is 1. The quantitative estimate of drug-likeness (QED) is 0.712. The molecule has 1 aliphatic carbocycles.